The molecule has 2 amide bonds. The highest BCUT2D eigenvalue weighted by Crippen LogP contribution is 2.27. The van der Waals surface area contributed by atoms with Crippen LogP contribution in [0, 0.1) is 11.8 Å². The van der Waals surface area contributed by atoms with Crippen molar-refractivity contribution in [2.45, 2.75) is 44.9 Å². The number of ether oxygens (including phenoxy) is 3. The predicted molar refractivity (Wildman–Crippen MR) is 151 cm³/mol. The third-order valence-corrected chi connectivity index (χ3v) is 6.53. The van der Waals surface area contributed by atoms with Crippen LogP contribution in [0.25, 0.3) is 0 Å². The van der Waals surface area contributed by atoms with Gasteiger partial charge in [-0.05, 0) is 61.7 Å². The van der Waals surface area contributed by atoms with Crippen LogP contribution in [0.1, 0.15) is 30.5 Å². The Balaban J connectivity index is 1.44. The van der Waals surface area contributed by atoms with Crippen molar-refractivity contribution >= 4 is 35.2 Å². The molecule has 4 rings (SSSR count). The fourth-order valence-corrected chi connectivity index (χ4v) is 4.74. The number of carbonyl (C=O) groups excluding carboxylic acids is 2. The summed E-state index contributed by atoms with van der Waals surface area (Å²) in [7, 11) is 0. The molecule has 202 valence electrons. The van der Waals surface area contributed by atoms with Crippen molar-refractivity contribution < 1.29 is 23.8 Å². The zero-order valence-electron chi connectivity index (χ0n) is 21.7. The SMILES string of the molecule is CC(C)O[C@@H](Cc1cccc(C#CCOc2ccc(Cl)cc2Cl)c1)C(=O)N1C(=O)OC[C@@H]1Cc1ccccc1. The molecule has 3 aromatic rings. The van der Waals surface area contributed by atoms with Gasteiger partial charge in [0, 0.05) is 17.0 Å². The Labute approximate surface area is 238 Å². The zero-order chi connectivity index (χ0) is 27.8. The summed E-state index contributed by atoms with van der Waals surface area (Å²) in [5.41, 5.74) is 2.64. The molecule has 0 aromatic heterocycles. The first-order chi connectivity index (χ1) is 18.8. The number of imide groups is 1. The van der Waals surface area contributed by atoms with E-state index in [1.165, 1.54) is 4.90 Å². The molecule has 1 fully saturated rings. The second-order valence-corrected chi connectivity index (χ2v) is 10.2. The maximum atomic E-state index is 13.6. The van der Waals surface area contributed by atoms with E-state index in [1.807, 2.05) is 68.4 Å². The van der Waals surface area contributed by atoms with Crippen molar-refractivity contribution in [1.82, 2.24) is 4.90 Å². The third-order valence-electron chi connectivity index (χ3n) is 6.00. The number of carbonyl (C=O) groups is 2. The molecule has 0 spiro atoms. The highest BCUT2D eigenvalue weighted by Gasteiger charge is 2.41. The lowest BCUT2D eigenvalue weighted by molar-refractivity contribution is -0.144. The molecule has 1 heterocycles. The molecule has 39 heavy (non-hydrogen) atoms. The van der Waals surface area contributed by atoms with Crippen LogP contribution in [0.4, 0.5) is 4.79 Å². The van der Waals surface area contributed by atoms with E-state index in [4.69, 9.17) is 37.4 Å². The standard InChI is InChI=1S/C31H29Cl2NO5/c1-21(2)39-29(30(35)34-26(20-38-31(34)36)17-23-8-4-3-5-9-23)18-24-11-6-10-22(16-24)12-7-15-37-28-14-13-25(32)19-27(28)33/h3-6,8-11,13-14,16,19,21,26,29H,15,17-18,20H2,1-2H3/t26-,29-/m0/s1. The van der Waals surface area contributed by atoms with Crippen molar-refractivity contribution in [1.29, 1.82) is 0 Å². The second kappa shape index (κ2) is 13.5. The van der Waals surface area contributed by atoms with Crippen molar-refractivity contribution in [3.05, 3.63) is 99.5 Å². The van der Waals surface area contributed by atoms with Gasteiger partial charge in [0.15, 0.2) is 0 Å². The minimum absolute atomic E-state index is 0.142. The minimum atomic E-state index is -0.854. The third kappa shape index (κ3) is 8.00. The van der Waals surface area contributed by atoms with Gasteiger partial charge in [-0.3, -0.25) is 4.79 Å². The summed E-state index contributed by atoms with van der Waals surface area (Å²) in [6.45, 7) is 4.02. The van der Waals surface area contributed by atoms with E-state index in [-0.39, 0.29) is 25.7 Å². The summed E-state index contributed by atoms with van der Waals surface area (Å²) in [6, 6.07) is 21.9. The molecular weight excluding hydrogens is 537 g/mol. The fraction of sp³-hybridized carbons (Fsp3) is 0.290. The Morgan fingerprint density at radius 2 is 1.82 bits per heavy atom. The summed E-state index contributed by atoms with van der Waals surface area (Å²) < 4.78 is 16.9. The molecule has 0 saturated carbocycles. The van der Waals surface area contributed by atoms with Gasteiger partial charge in [-0.15, -0.1) is 0 Å². The van der Waals surface area contributed by atoms with E-state index in [1.54, 1.807) is 18.2 Å². The van der Waals surface area contributed by atoms with Crippen molar-refractivity contribution in [2.75, 3.05) is 13.2 Å². The lowest BCUT2D eigenvalue weighted by Gasteiger charge is -2.26. The first-order valence-electron chi connectivity index (χ1n) is 12.6. The molecule has 0 aliphatic carbocycles. The van der Waals surface area contributed by atoms with Gasteiger partial charge in [0.2, 0.25) is 0 Å². The Hall–Kier alpha value is -3.50. The van der Waals surface area contributed by atoms with Gasteiger partial charge in [-0.1, -0.05) is 77.5 Å². The molecule has 6 nitrogen and oxygen atoms in total. The van der Waals surface area contributed by atoms with Gasteiger partial charge in [0.1, 0.15) is 25.1 Å². The fourth-order valence-electron chi connectivity index (χ4n) is 4.28. The number of hydrogen-bond acceptors (Lipinski definition) is 5. The maximum Gasteiger partial charge on any atom is 0.417 e. The van der Waals surface area contributed by atoms with Crippen molar-refractivity contribution in [3.63, 3.8) is 0 Å². The number of cyclic esters (lactones) is 1. The molecule has 8 heteroatoms. The van der Waals surface area contributed by atoms with Gasteiger partial charge >= 0.3 is 6.09 Å². The highest BCUT2D eigenvalue weighted by molar-refractivity contribution is 6.35. The van der Waals surface area contributed by atoms with E-state index < -0.39 is 24.1 Å². The Kier molecular flexibility index (Phi) is 9.89. The molecular formula is C31H29Cl2NO5. The molecule has 2 atom stereocenters. The van der Waals surface area contributed by atoms with Crippen molar-refractivity contribution in [3.8, 4) is 17.6 Å². The molecule has 1 aliphatic rings. The van der Waals surface area contributed by atoms with Crippen LogP contribution in [0.15, 0.2) is 72.8 Å². The first kappa shape index (κ1) is 28.5. The van der Waals surface area contributed by atoms with Gasteiger partial charge in [0.05, 0.1) is 17.2 Å². The molecule has 0 radical (unpaired) electrons. The van der Waals surface area contributed by atoms with Gasteiger partial charge in [0.25, 0.3) is 5.91 Å². The van der Waals surface area contributed by atoms with Crippen LogP contribution in [-0.4, -0.2) is 48.4 Å². The lowest BCUT2D eigenvalue weighted by Crippen LogP contribution is -2.47. The number of nitrogens with zero attached hydrogens (tertiary/aromatic N) is 1. The first-order valence-corrected chi connectivity index (χ1v) is 13.4. The van der Waals surface area contributed by atoms with Gasteiger partial charge < -0.3 is 14.2 Å². The molecule has 0 bridgehead atoms. The Morgan fingerprint density at radius 1 is 1.05 bits per heavy atom. The average molecular weight is 566 g/mol. The number of halogens is 2. The van der Waals surface area contributed by atoms with E-state index in [0.717, 1.165) is 16.7 Å². The minimum Gasteiger partial charge on any atom is -0.479 e. The normalized spacial score (nSPS) is 15.5. The molecule has 1 saturated heterocycles. The summed E-state index contributed by atoms with van der Waals surface area (Å²) in [4.78, 5) is 27.4. The van der Waals surface area contributed by atoms with E-state index in [9.17, 15) is 9.59 Å². The Bertz CT molecular complexity index is 1370. The monoisotopic (exact) mass is 565 g/mol. The number of benzene rings is 3. The topological polar surface area (TPSA) is 65.1 Å². The van der Waals surface area contributed by atoms with Gasteiger partial charge in [-0.2, -0.15) is 0 Å². The Morgan fingerprint density at radius 3 is 2.56 bits per heavy atom. The quantitative estimate of drug-likeness (QED) is 0.283. The summed E-state index contributed by atoms with van der Waals surface area (Å²) in [5, 5.41) is 0.946. The predicted octanol–water partition coefficient (Wildman–Crippen LogP) is 6.35. The largest absolute Gasteiger partial charge is 0.479 e. The van der Waals surface area contributed by atoms with Crippen LogP contribution in [0.3, 0.4) is 0 Å². The summed E-state index contributed by atoms with van der Waals surface area (Å²) in [6.07, 6.45) is -0.914. The molecule has 1 aliphatic heterocycles. The van der Waals surface area contributed by atoms with E-state index in [0.29, 0.717) is 22.2 Å². The second-order valence-electron chi connectivity index (χ2n) is 9.37. The lowest BCUT2D eigenvalue weighted by atomic mass is 10.0. The van der Waals surface area contributed by atoms with Crippen LogP contribution < -0.4 is 4.74 Å². The van der Waals surface area contributed by atoms with Crippen molar-refractivity contribution in [2.24, 2.45) is 0 Å². The maximum absolute atomic E-state index is 13.6. The highest BCUT2D eigenvalue weighted by atomic mass is 35.5. The number of amides is 2. The van der Waals surface area contributed by atoms with Crippen LogP contribution in [-0.2, 0) is 27.1 Å². The summed E-state index contributed by atoms with van der Waals surface area (Å²) in [5.74, 6) is 6.14. The smallest absolute Gasteiger partial charge is 0.417 e. The zero-order valence-corrected chi connectivity index (χ0v) is 23.2. The average Bonchev–Trinajstić information content (AvgIpc) is 3.27. The summed E-state index contributed by atoms with van der Waals surface area (Å²) >= 11 is 12.0. The molecule has 0 N–H and O–H groups in total. The van der Waals surface area contributed by atoms with Crippen LogP contribution >= 0.6 is 23.2 Å². The number of rotatable bonds is 9. The van der Waals surface area contributed by atoms with Gasteiger partial charge in [-0.25, -0.2) is 9.69 Å². The number of hydrogen-bond donors (Lipinski definition) is 0. The van der Waals surface area contributed by atoms with Crippen LogP contribution in [0.2, 0.25) is 10.0 Å². The molecule has 3 aromatic carbocycles. The van der Waals surface area contributed by atoms with Crippen LogP contribution in [0.5, 0.6) is 5.75 Å². The molecule has 0 unspecified atom stereocenters. The van der Waals surface area contributed by atoms with E-state index in [2.05, 4.69) is 11.8 Å². The van der Waals surface area contributed by atoms with E-state index >= 15 is 0 Å².